The molecule has 0 fully saturated rings. The summed E-state index contributed by atoms with van der Waals surface area (Å²) >= 11 is 0. The third-order valence-corrected chi connectivity index (χ3v) is 3.29. The maximum Gasteiger partial charge on any atom is 0.310 e. The molecule has 0 N–H and O–H groups in total. The predicted octanol–water partition coefficient (Wildman–Crippen LogP) is 3.39. The molecule has 3 nitrogen and oxygen atoms in total. The van der Waals surface area contributed by atoms with E-state index in [-0.39, 0.29) is 5.97 Å². The van der Waals surface area contributed by atoms with Crippen LogP contribution in [0.3, 0.4) is 0 Å². The number of ether oxygens (including phenoxy) is 2. The van der Waals surface area contributed by atoms with Crippen LogP contribution in [0.25, 0.3) is 0 Å². The second kappa shape index (κ2) is 7.48. The van der Waals surface area contributed by atoms with Gasteiger partial charge in [0.2, 0.25) is 0 Å². The summed E-state index contributed by atoms with van der Waals surface area (Å²) in [5.41, 5.74) is 3.31. The van der Waals surface area contributed by atoms with Crippen LogP contribution >= 0.6 is 0 Å². The van der Waals surface area contributed by atoms with Crippen molar-refractivity contribution in [2.75, 3.05) is 13.7 Å². The highest BCUT2D eigenvalue weighted by molar-refractivity contribution is 5.73. The number of methoxy groups -OCH3 is 1. The van der Waals surface area contributed by atoms with E-state index in [0.29, 0.717) is 13.0 Å². The SMILES string of the molecule is CCOC(=O)Cc1ccccc1Cc1cccc(OC)c1. The highest BCUT2D eigenvalue weighted by Gasteiger charge is 2.09. The molecule has 21 heavy (non-hydrogen) atoms. The molecule has 0 saturated heterocycles. The predicted molar refractivity (Wildman–Crippen MR) is 82.6 cm³/mol. The van der Waals surface area contributed by atoms with Crippen molar-refractivity contribution >= 4 is 5.97 Å². The van der Waals surface area contributed by atoms with Gasteiger partial charge in [-0.15, -0.1) is 0 Å². The van der Waals surface area contributed by atoms with E-state index in [0.717, 1.165) is 28.9 Å². The number of benzene rings is 2. The van der Waals surface area contributed by atoms with E-state index in [1.807, 2.05) is 49.4 Å². The fraction of sp³-hybridized carbons (Fsp3) is 0.278. The minimum Gasteiger partial charge on any atom is -0.497 e. The molecule has 0 heterocycles. The van der Waals surface area contributed by atoms with Crippen LogP contribution in [0.4, 0.5) is 0 Å². The Morgan fingerprint density at radius 3 is 2.52 bits per heavy atom. The molecule has 0 amide bonds. The Labute approximate surface area is 125 Å². The Balaban J connectivity index is 2.17. The molecule has 0 aliphatic carbocycles. The summed E-state index contributed by atoms with van der Waals surface area (Å²) < 4.78 is 10.3. The molecule has 0 aromatic heterocycles. The molecule has 0 aliphatic rings. The van der Waals surface area contributed by atoms with Gasteiger partial charge in [0.05, 0.1) is 20.1 Å². The molecule has 110 valence electrons. The molecule has 3 heteroatoms. The van der Waals surface area contributed by atoms with Crippen LogP contribution in [-0.4, -0.2) is 19.7 Å². The van der Waals surface area contributed by atoms with E-state index in [9.17, 15) is 4.79 Å². The molecule has 2 aromatic rings. The summed E-state index contributed by atoms with van der Waals surface area (Å²) in [4.78, 5) is 11.7. The summed E-state index contributed by atoms with van der Waals surface area (Å²) in [6, 6.07) is 15.9. The van der Waals surface area contributed by atoms with Crippen molar-refractivity contribution in [2.45, 2.75) is 19.8 Å². The van der Waals surface area contributed by atoms with E-state index < -0.39 is 0 Å². The van der Waals surface area contributed by atoms with Gasteiger partial charge in [0.15, 0.2) is 0 Å². The first-order chi connectivity index (χ1) is 10.2. The molecule has 2 rings (SSSR count). The van der Waals surface area contributed by atoms with Gasteiger partial charge in [0.25, 0.3) is 0 Å². The molecular formula is C18H20O3. The second-order valence-electron chi connectivity index (χ2n) is 4.78. The zero-order chi connectivity index (χ0) is 15.1. The highest BCUT2D eigenvalue weighted by Crippen LogP contribution is 2.19. The number of esters is 1. The van der Waals surface area contributed by atoms with Gasteiger partial charge in [-0.3, -0.25) is 4.79 Å². The van der Waals surface area contributed by atoms with Crippen LogP contribution < -0.4 is 4.74 Å². The molecule has 0 spiro atoms. The van der Waals surface area contributed by atoms with E-state index >= 15 is 0 Å². The number of hydrogen-bond acceptors (Lipinski definition) is 3. The average molecular weight is 284 g/mol. The molecule has 0 bridgehead atoms. The van der Waals surface area contributed by atoms with Crippen molar-refractivity contribution in [1.29, 1.82) is 0 Å². The normalized spacial score (nSPS) is 10.2. The van der Waals surface area contributed by atoms with Crippen molar-refractivity contribution in [2.24, 2.45) is 0 Å². The van der Waals surface area contributed by atoms with Gasteiger partial charge in [0.1, 0.15) is 5.75 Å². The first-order valence-electron chi connectivity index (χ1n) is 7.08. The standard InChI is InChI=1S/C18H20O3/c1-3-21-18(19)13-16-9-5-4-8-15(16)11-14-7-6-10-17(12-14)20-2/h4-10,12H,3,11,13H2,1-2H3. The molecule has 0 unspecified atom stereocenters. The lowest BCUT2D eigenvalue weighted by Crippen LogP contribution is -2.09. The topological polar surface area (TPSA) is 35.5 Å². The smallest absolute Gasteiger partial charge is 0.310 e. The third kappa shape index (κ3) is 4.35. The van der Waals surface area contributed by atoms with Crippen molar-refractivity contribution in [3.8, 4) is 5.75 Å². The first kappa shape index (κ1) is 15.1. The number of carbonyl (C=O) groups is 1. The van der Waals surface area contributed by atoms with Gasteiger partial charge in [0, 0.05) is 0 Å². The fourth-order valence-corrected chi connectivity index (χ4v) is 2.27. The van der Waals surface area contributed by atoms with Crippen molar-refractivity contribution in [3.05, 3.63) is 65.2 Å². The molecule has 0 radical (unpaired) electrons. The van der Waals surface area contributed by atoms with Crippen molar-refractivity contribution < 1.29 is 14.3 Å². The molecule has 2 aromatic carbocycles. The highest BCUT2D eigenvalue weighted by atomic mass is 16.5. The Morgan fingerprint density at radius 2 is 1.81 bits per heavy atom. The lowest BCUT2D eigenvalue weighted by molar-refractivity contribution is -0.142. The van der Waals surface area contributed by atoms with Crippen LogP contribution in [0, 0.1) is 0 Å². The van der Waals surface area contributed by atoms with Crippen LogP contribution in [0.1, 0.15) is 23.6 Å². The monoisotopic (exact) mass is 284 g/mol. The van der Waals surface area contributed by atoms with Gasteiger partial charge >= 0.3 is 5.97 Å². The Bertz CT molecular complexity index is 605. The Hall–Kier alpha value is -2.29. The van der Waals surface area contributed by atoms with Crippen LogP contribution in [0.2, 0.25) is 0 Å². The van der Waals surface area contributed by atoms with Gasteiger partial charge < -0.3 is 9.47 Å². The molecule has 0 aliphatic heterocycles. The zero-order valence-corrected chi connectivity index (χ0v) is 12.5. The van der Waals surface area contributed by atoms with Crippen molar-refractivity contribution in [3.63, 3.8) is 0 Å². The Morgan fingerprint density at radius 1 is 1.05 bits per heavy atom. The van der Waals surface area contributed by atoms with E-state index in [1.165, 1.54) is 0 Å². The molecule has 0 saturated carbocycles. The number of carbonyl (C=O) groups excluding carboxylic acids is 1. The van der Waals surface area contributed by atoms with Crippen LogP contribution in [0.15, 0.2) is 48.5 Å². The summed E-state index contributed by atoms with van der Waals surface area (Å²) in [5, 5.41) is 0. The molecule has 0 atom stereocenters. The maximum absolute atomic E-state index is 11.7. The average Bonchev–Trinajstić information content (AvgIpc) is 2.50. The minimum atomic E-state index is -0.185. The summed E-state index contributed by atoms with van der Waals surface area (Å²) in [6.45, 7) is 2.23. The first-order valence-corrected chi connectivity index (χ1v) is 7.08. The van der Waals surface area contributed by atoms with E-state index in [1.54, 1.807) is 7.11 Å². The van der Waals surface area contributed by atoms with Gasteiger partial charge in [-0.05, 0) is 42.2 Å². The summed E-state index contributed by atoms with van der Waals surface area (Å²) in [7, 11) is 1.66. The van der Waals surface area contributed by atoms with Crippen molar-refractivity contribution in [1.82, 2.24) is 0 Å². The minimum absolute atomic E-state index is 0.185. The van der Waals surface area contributed by atoms with E-state index in [4.69, 9.17) is 9.47 Å². The largest absolute Gasteiger partial charge is 0.497 e. The lowest BCUT2D eigenvalue weighted by Gasteiger charge is -2.10. The zero-order valence-electron chi connectivity index (χ0n) is 12.5. The summed E-state index contributed by atoms with van der Waals surface area (Å²) in [5.74, 6) is 0.658. The summed E-state index contributed by atoms with van der Waals surface area (Å²) in [6.07, 6.45) is 1.08. The van der Waals surface area contributed by atoms with Gasteiger partial charge in [-0.25, -0.2) is 0 Å². The van der Waals surface area contributed by atoms with E-state index in [2.05, 4.69) is 6.07 Å². The number of rotatable bonds is 6. The molecular weight excluding hydrogens is 264 g/mol. The fourth-order valence-electron chi connectivity index (χ4n) is 2.27. The Kier molecular flexibility index (Phi) is 5.38. The lowest BCUT2D eigenvalue weighted by atomic mass is 9.98. The quantitative estimate of drug-likeness (QED) is 0.763. The van der Waals surface area contributed by atoms with Gasteiger partial charge in [-0.2, -0.15) is 0 Å². The van der Waals surface area contributed by atoms with Gasteiger partial charge in [-0.1, -0.05) is 36.4 Å². The number of hydrogen-bond donors (Lipinski definition) is 0. The second-order valence-corrected chi connectivity index (χ2v) is 4.78. The maximum atomic E-state index is 11.7. The third-order valence-electron chi connectivity index (χ3n) is 3.29. The van der Waals surface area contributed by atoms with Crippen LogP contribution in [-0.2, 0) is 22.4 Å². The van der Waals surface area contributed by atoms with Crippen LogP contribution in [0.5, 0.6) is 5.75 Å².